The van der Waals surface area contributed by atoms with Crippen LogP contribution in [0, 0.1) is 0 Å². The zero-order valence-electron chi connectivity index (χ0n) is 14.3. The highest BCUT2D eigenvalue weighted by Crippen LogP contribution is 2.31. The van der Waals surface area contributed by atoms with Gasteiger partial charge in [0.2, 0.25) is 5.91 Å². The smallest absolute Gasteiger partial charge is 0.368 e. The Balaban J connectivity index is 0.00000169. The number of nitrogens with zero attached hydrogens (tertiary/aromatic N) is 2. The second kappa shape index (κ2) is 9.67. The van der Waals surface area contributed by atoms with Crippen molar-refractivity contribution in [2.45, 2.75) is 31.5 Å². The standard InChI is InChI=1S/C17H22F3N3O.2ClH/c18-17(19,20)13-3-1-5-15(11-13)22-7-9-23(10-8-22)16(24)12-14-4-2-6-21-14;;/h1,3,5,11,14,21H,2,4,6-10,12H2;2*1H. The van der Waals surface area contributed by atoms with Crippen LogP contribution in [0.15, 0.2) is 24.3 Å². The van der Waals surface area contributed by atoms with Crippen LogP contribution >= 0.6 is 24.8 Å². The fourth-order valence-corrected chi connectivity index (χ4v) is 3.36. The molecule has 2 fully saturated rings. The predicted molar refractivity (Wildman–Crippen MR) is 100 cm³/mol. The summed E-state index contributed by atoms with van der Waals surface area (Å²) < 4.78 is 38.5. The van der Waals surface area contributed by atoms with E-state index in [4.69, 9.17) is 0 Å². The van der Waals surface area contributed by atoms with Gasteiger partial charge < -0.3 is 15.1 Å². The van der Waals surface area contributed by atoms with Crippen LogP contribution in [0.5, 0.6) is 0 Å². The molecule has 9 heteroatoms. The minimum absolute atomic E-state index is 0. The Morgan fingerprint density at radius 3 is 2.42 bits per heavy atom. The number of benzene rings is 1. The summed E-state index contributed by atoms with van der Waals surface area (Å²) in [6, 6.07) is 5.66. The Morgan fingerprint density at radius 1 is 1.15 bits per heavy atom. The molecule has 0 radical (unpaired) electrons. The van der Waals surface area contributed by atoms with E-state index >= 15 is 0 Å². The van der Waals surface area contributed by atoms with Gasteiger partial charge in [-0.15, -0.1) is 24.8 Å². The Hall–Kier alpha value is -1.18. The first-order valence-electron chi connectivity index (χ1n) is 8.37. The minimum Gasteiger partial charge on any atom is -0.368 e. The van der Waals surface area contributed by atoms with Crippen LogP contribution < -0.4 is 10.2 Å². The molecule has 1 aromatic carbocycles. The first kappa shape index (κ1) is 22.9. The lowest BCUT2D eigenvalue weighted by Crippen LogP contribution is -2.49. The molecule has 1 amide bonds. The molecule has 148 valence electrons. The van der Waals surface area contributed by atoms with Crippen molar-refractivity contribution >= 4 is 36.4 Å². The first-order chi connectivity index (χ1) is 11.4. The van der Waals surface area contributed by atoms with E-state index < -0.39 is 11.7 Å². The van der Waals surface area contributed by atoms with Crippen molar-refractivity contribution in [1.29, 1.82) is 0 Å². The zero-order valence-corrected chi connectivity index (χ0v) is 15.9. The predicted octanol–water partition coefficient (Wildman–Crippen LogP) is 3.34. The number of rotatable bonds is 3. The summed E-state index contributed by atoms with van der Waals surface area (Å²) in [5.41, 5.74) is -0.0693. The summed E-state index contributed by atoms with van der Waals surface area (Å²) in [5.74, 6) is 0.137. The summed E-state index contributed by atoms with van der Waals surface area (Å²) in [4.78, 5) is 16.0. The topological polar surface area (TPSA) is 35.6 Å². The van der Waals surface area contributed by atoms with Gasteiger partial charge in [0.25, 0.3) is 0 Å². The van der Waals surface area contributed by atoms with Crippen molar-refractivity contribution in [3.63, 3.8) is 0 Å². The summed E-state index contributed by atoms with van der Waals surface area (Å²) in [6.45, 7) is 3.21. The fourth-order valence-electron chi connectivity index (χ4n) is 3.36. The van der Waals surface area contributed by atoms with Crippen molar-refractivity contribution < 1.29 is 18.0 Å². The number of carbonyl (C=O) groups is 1. The van der Waals surface area contributed by atoms with Gasteiger partial charge in [-0.1, -0.05) is 6.07 Å². The summed E-state index contributed by atoms with van der Waals surface area (Å²) in [5, 5.41) is 3.32. The van der Waals surface area contributed by atoms with E-state index in [2.05, 4.69) is 5.32 Å². The molecule has 2 saturated heterocycles. The summed E-state index contributed by atoms with van der Waals surface area (Å²) in [7, 11) is 0. The van der Waals surface area contributed by atoms with E-state index in [1.807, 2.05) is 9.80 Å². The van der Waals surface area contributed by atoms with Gasteiger partial charge in [0, 0.05) is 44.3 Å². The SMILES string of the molecule is Cl.Cl.O=C(CC1CCCN1)N1CCN(c2cccc(C(F)(F)F)c2)CC1. The second-order valence-corrected chi connectivity index (χ2v) is 6.41. The van der Waals surface area contributed by atoms with Gasteiger partial charge >= 0.3 is 6.18 Å². The van der Waals surface area contributed by atoms with Crippen molar-refractivity contribution in [2.24, 2.45) is 0 Å². The molecule has 4 nitrogen and oxygen atoms in total. The van der Waals surface area contributed by atoms with Crippen molar-refractivity contribution in [3.05, 3.63) is 29.8 Å². The third-order valence-corrected chi connectivity index (χ3v) is 4.75. The van der Waals surface area contributed by atoms with Gasteiger partial charge in [0.15, 0.2) is 0 Å². The van der Waals surface area contributed by atoms with Crippen LogP contribution in [-0.2, 0) is 11.0 Å². The van der Waals surface area contributed by atoms with E-state index in [1.54, 1.807) is 6.07 Å². The average Bonchev–Trinajstić information content (AvgIpc) is 3.07. The Bertz CT molecular complexity index is 587. The lowest BCUT2D eigenvalue weighted by molar-refractivity contribution is -0.137. The Morgan fingerprint density at radius 2 is 1.85 bits per heavy atom. The van der Waals surface area contributed by atoms with Gasteiger partial charge in [-0.3, -0.25) is 4.79 Å². The normalized spacial score (nSPS) is 20.3. The molecule has 1 N–H and O–H groups in total. The number of nitrogens with one attached hydrogen (secondary N) is 1. The molecular formula is C17H24Cl2F3N3O. The van der Waals surface area contributed by atoms with Gasteiger partial charge in [-0.2, -0.15) is 13.2 Å². The average molecular weight is 414 g/mol. The molecule has 3 rings (SSSR count). The highest BCUT2D eigenvalue weighted by atomic mass is 35.5. The number of halogens is 5. The molecule has 0 saturated carbocycles. The molecule has 1 atom stereocenters. The van der Waals surface area contributed by atoms with E-state index in [0.29, 0.717) is 38.3 Å². The van der Waals surface area contributed by atoms with Crippen LogP contribution in [0.1, 0.15) is 24.8 Å². The highest BCUT2D eigenvalue weighted by Gasteiger charge is 2.31. The van der Waals surface area contributed by atoms with Crippen LogP contribution in [-0.4, -0.2) is 49.6 Å². The molecule has 0 aliphatic carbocycles. The van der Waals surface area contributed by atoms with E-state index in [1.165, 1.54) is 12.1 Å². The summed E-state index contributed by atoms with van der Waals surface area (Å²) >= 11 is 0. The molecular weight excluding hydrogens is 390 g/mol. The molecule has 1 aromatic rings. The van der Waals surface area contributed by atoms with Gasteiger partial charge in [-0.05, 0) is 37.6 Å². The molecule has 26 heavy (non-hydrogen) atoms. The summed E-state index contributed by atoms with van der Waals surface area (Å²) in [6.07, 6.45) is -1.66. The van der Waals surface area contributed by atoms with Crippen molar-refractivity contribution in [1.82, 2.24) is 10.2 Å². The van der Waals surface area contributed by atoms with Gasteiger partial charge in [0.1, 0.15) is 0 Å². The maximum atomic E-state index is 12.8. The maximum absolute atomic E-state index is 12.8. The Kier molecular flexibility index (Phi) is 8.50. The largest absolute Gasteiger partial charge is 0.416 e. The van der Waals surface area contributed by atoms with E-state index in [0.717, 1.165) is 25.5 Å². The van der Waals surface area contributed by atoms with E-state index in [9.17, 15) is 18.0 Å². The molecule has 2 aliphatic rings. The zero-order chi connectivity index (χ0) is 17.2. The lowest BCUT2D eigenvalue weighted by Gasteiger charge is -2.36. The first-order valence-corrected chi connectivity index (χ1v) is 8.37. The third-order valence-electron chi connectivity index (χ3n) is 4.75. The number of hydrogen-bond acceptors (Lipinski definition) is 3. The number of alkyl halides is 3. The van der Waals surface area contributed by atoms with Crippen molar-refractivity contribution in [2.75, 3.05) is 37.6 Å². The highest BCUT2D eigenvalue weighted by molar-refractivity contribution is 5.85. The fraction of sp³-hybridized carbons (Fsp3) is 0.588. The van der Waals surface area contributed by atoms with Crippen molar-refractivity contribution in [3.8, 4) is 0 Å². The van der Waals surface area contributed by atoms with Crippen LogP contribution in [0.2, 0.25) is 0 Å². The second-order valence-electron chi connectivity index (χ2n) is 6.41. The monoisotopic (exact) mass is 413 g/mol. The number of carbonyl (C=O) groups excluding carboxylic acids is 1. The van der Waals surface area contributed by atoms with Gasteiger partial charge in [0.05, 0.1) is 5.56 Å². The lowest BCUT2D eigenvalue weighted by atomic mass is 10.1. The number of hydrogen-bond donors (Lipinski definition) is 1. The number of piperazine rings is 1. The molecule has 0 spiro atoms. The molecule has 2 aliphatic heterocycles. The van der Waals surface area contributed by atoms with Crippen LogP contribution in [0.3, 0.4) is 0 Å². The molecule has 1 unspecified atom stereocenters. The maximum Gasteiger partial charge on any atom is 0.416 e. The quantitative estimate of drug-likeness (QED) is 0.825. The number of amides is 1. The minimum atomic E-state index is -4.33. The van der Waals surface area contributed by atoms with E-state index in [-0.39, 0.29) is 36.8 Å². The third kappa shape index (κ3) is 5.66. The Labute approximate surface area is 163 Å². The number of anilines is 1. The molecule has 0 bridgehead atoms. The van der Waals surface area contributed by atoms with Crippen LogP contribution in [0.25, 0.3) is 0 Å². The molecule has 2 heterocycles. The van der Waals surface area contributed by atoms with Crippen LogP contribution in [0.4, 0.5) is 18.9 Å². The molecule has 0 aromatic heterocycles. The van der Waals surface area contributed by atoms with Gasteiger partial charge in [-0.25, -0.2) is 0 Å².